The first-order chi connectivity index (χ1) is 8.20. The largest absolute Gasteiger partial charge is 0.478 e. The van der Waals surface area contributed by atoms with Crippen LogP contribution in [0.2, 0.25) is 0 Å². The van der Waals surface area contributed by atoms with E-state index in [0.29, 0.717) is 18.2 Å². The maximum Gasteiger partial charge on any atom is 0.331 e. The van der Waals surface area contributed by atoms with Gasteiger partial charge in [-0.15, -0.1) is 0 Å². The second kappa shape index (κ2) is 9.58. The standard InChI is InChI=1S/C6H8O4.C4H4O4/c1-2-4(6(9)10)3-5(7)8;5-3(6)1-2-4(7)8/h3H,2H2,1H3,(H,7,8)(H,9,10);1-2H,(H,5,6)(H,7,8)/b4-3-;. The highest BCUT2D eigenvalue weighted by Crippen LogP contribution is 1.98. The molecule has 0 aliphatic heterocycles. The normalized spacial score (nSPS) is 10.4. The highest BCUT2D eigenvalue weighted by molar-refractivity contribution is 5.94. The molecule has 0 saturated carbocycles. The van der Waals surface area contributed by atoms with Crippen molar-refractivity contribution in [2.45, 2.75) is 13.3 Å². The molecule has 0 aromatic rings. The molecule has 0 aromatic heterocycles. The summed E-state index contributed by atoms with van der Waals surface area (Å²) in [5, 5.41) is 32.0. The summed E-state index contributed by atoms with van der Waals surface area (Å²) in [6.07, 6.45) is 2.04. The first kappa shape index (κ1) is 17.7. The smallest absolute Gasteiger partial charge is 0.331 e. The van der Waals surface area contributed by atoms with Gasteiger partial charge in [0.25, 0.3) is 0 Å². The summed E-state index contributed by atoms with van der Waals surface area (Å²) in [5.74, 6) is -4.91. The monoisotopic (exact) mass is 260 g/mol. The molecule has 0 spiro atoms. The van der Waals surface area contributed by atoms with E-state index < -0.39 is 23.9 Å². The Balaban J connectivity index is 0. The van der Waals surface area contributed by atoms with Gasteiger partial charge >= 0.3 is 23.9 Å². The minimum absolute atomic E-state index is 0.0903. The van der Waals surface area contributed by atoms with Gasteiger partial charge in [-0.2, -0.15) is 0 Å². The van der Waals surface area contributed by atoms with E-state index in [1.165, 1.54) is 0 Å². The third kappa shape index (κ3) is 13.4. The van der Waals surface area contributed by atoms with Crippen LogP contribution in [-0.2, 0) is 19.2 Å². The molecular weight excluding hydrogens is 248 g/mol. The number of carbonyl (C=O) groups is 4. The molecule has 0 bridgehead atoms. The van der Waals surface area contributed by atoms with Gasteiger partial charge in [0.15, 0.2) is 0 Å². The van der Waals surface area contributed by atoms with Crippen molar-refractivity contribution in [2.75, 3.05) is 0 Å². The SMILES string of the molecule is CC/C(=C/C(=O)O)C(=O)O.O=C(O)C=CC(=O)O. The van der Waals surface area contributed by atoms with E-state index in [4.69, 9.17) is 20.4 Å². The van der Waals surface area contributed by atoms with Crippen LogP contribution in [0.5, 0.6) is 0 Å². The molecule has 0 aliphatic rings. The predicted molar refractivity (Wildman–Crippen MR) is 58.1 cm³/mol. The lowest BCUT2D eigenvalue weighted by atomic mass is 10.2. The van der Waals surface area contributed by atoms with Crippen molar-refractivity contribution in [2.24, 2.45) is 0 Å². The molecule has 0 saturated heterocycles. The van der Waals surface area contributed by atoms with Crippen LogP contribution in [0.1, 0.15) is 13.3 Å². The van der Waals surface area contributed by atoms with Gasteiger partial charge in [0.2, 0.25) is 0 Å². The Hall–Kier alpha value is -2.64. The van der Waals surface area contributed by atoms with E-state index in [1.54, 1.807) is 6.92 Å². The van der Waals surface area contributed by atoms with Crippen molar-refractivity contribution in [1.82, 2.24) is 0 Å². The minimum atomic E-state index is -1.26. The molecule has 0 atom stereocenters. The van der Waals surface area contributed by atoms with Gasteiger partial charge < -0.3 is 20.4 Å². The van der Waals surface area contributed by atoms with Gasteiger partial charge in [-0.3, -0.25) is 0 Å². The average Bonchev–Trinajstić information content (AvgIpc) is 2.23. The van der Waals surface area contributed by atoms with E-state index >= 15 is 0 Å². The molecule has 8 nitrogen and oxygen atoms in total. The van der Waals surface area contributed by atoms with Crippen LogP contribution >= 0.6 is 0 Å². The highest BCUT2D eigenvalue weighted by atomic mass is 16.4. The van der Waals surface area contributed by atoms with Crippen LogP contribution in [0.4, 0.5) is 0 Å². The average molecular weight is 260 g/mol. The Morgan fingerprint density at radius 2 is 1.22 bits per heavy atom. The maximum absolute atomic E-state index is 10.1. The van der Waals surface area contributed by atoms with Gasteiger partial charge in [-0.1, -0.05) is 6.92 Å². The van der Waals surface area contributed by atoms with Gasteiger partial charge in [-0.25, -0.2) is 19.2 Å². The molecule has 100 valence electrons. The summed E-state index contributed by atoms with van der Waals surface area (Å²) in [7, 11) is 0. The van der Waals surface area contributed by atoms with Crippen molar-refractivity contribution >= 4 is 23.9 Å². The zero-order valence-electron chi connectivity index (χ0n) is 9.36. The third-order valence-electron chi connectivity index (χ3n) is 1.32. The Morgan fingerprint density at radius 3 is 1.33 bits per heavy atom. The number of aliphatic carboxylic acids is 4. The summed E-state index contributed by atoms with van der Waals surface area (Å²) in [6.45, 7) is 1.59. The van der Waals surface area contributed by atoms with Gasteiger partial charge in [-0.05, 0) is 6.42 Å². The Bertz CT molecular complexity index is 375. The molecule has 0 aliphatic carbocycles. The van der Waals surface area contributed by atoms with E-state index in [0.717, 1.165) is 0 Å². The highest BCUT2D eigenvalue weighted by Gasteiger charge is 2.05. The number of hydrogen-bond donors (Lipinski definition) is 4. The maximum atomic E-state index is 10.1. The Kier molecular flexibility index (Phi) is 9.44. The van der Waals surface area contributed by atoms with Crippen LogP contribution < -0.4 is 0 Å². The molecule has 0 heterocycles. The Labute approximate surface area is 101 Å². The summed E-state index contributed by atoms with van der Waals surface area (Å²) < 4.78 is 0. The molecular formula is C10H12O8. The molecule has 4 N–H and O–H groups in total. The predicted octanol–water partition coefficient (Wildman–Crippen LogP) is 0.204. The molecule has 0 fully saturated rings. The minimum Gasteiger partial charge on any atom is -0.478 e. The first-order valence-corrected chi connectivity index (χ1v) is 4.51. The number of rotatable bonds is 5. The van der Waals surface area contributed by atoms with E-state index in [-0.39, 0.29) is 12.0 Å². The second-order valence-corrected chi connectivity index (χ2v) is 2.68. The van der Waals surface area contributed by atoms with Crippen molar-refractivity contribution < 1.29 is 39.6 Å². The van der Waals surface area contributed by atoms with Crippen LogP contribution in [0, 0.1) is 0 Å². The zero-order chi connectivity index (χ0) is 14.7. The number of carboxylic acid groups (broad SMARTS) is 4. The zero-order valence-corrected chi connectivity index (χ0v) is 9.36. The topological polar surface area (TPSA) is 149 Å². The summed E-state index contributed by atoms with van der Waals surface area (Å²) >= 11 is 0. The summed E-state index contributed by atoms with van der Waals surface area (Å²) in [5.41, 5.74) is -0.0903. The summed E-state index contributed by atoms with van der Waals surface area (Å²) in [6, 6.07) is 0. The fraction of sp³-hybridized carbons (Fsp3) is 0.200. The van der Waals surface area contributed by atoms with Crippen LogP contribution in [-0.4, -0.2) is 44.3 Å². The molecule has 0 rings (SSSR count). The van der Waals surface area contributed by atoms with E-state index in [1.807, 2.05) is 0 Å². The lowest BCUT2D eigenvalue weighted by molar-refractivity contribution is -0.135. The third-order valence-corrected chi connectivity index (χ3v) is 1.32. The van der Waals surface area contributed by atoms with E-state index in [9.17, 15) is 19.2 Å². The number of hydrogen-bond acceptors (Lipinski definition) is 4. The quantitative estimate of drug-likeness (QED) is 0.512. The van der Waals surface area contributed by atoms with Crippen molar-refractivity contribution in [1.29, 1.82) is 0 Å². The van der Waals surface area contributed by atoms with Gasteiger partial charge in [0.05, 0.1) is 0 Å². The van der Waals surface area contributed by atoms with Gasteiger partial charge in [0.1, 0.15) is 0 Å². The molecule has 18 heavy (non-hydrogen) atoms. The number of carboxylic acids is 4. The fourth-order valence-electron chi connectivity index (χ4n) is 0.607. The summed E-state index contributed by atoms with van der Waals surface area (Å²) in [4.78, 5) is 39.2. The van der Waals surface area contributed by atoms with E-state index in [2.05, 4.69) is 0 Å². The van der Waals surface area contributed by atoms with Crippen LogP contribution in [0.25, 0.3) is 0 Å². The molecule has 0 aromatic carbocycles. The van der Waals surface area contributed by atoms with Crippen molar-refractivity contribution in [3.63, 3.8) is 0 Å². The van der Waals surface area contributed by atoms with Crippen molar-refractivity contribution in [3.05, 3.63) is 23.8 Å². The molecule has 8 heteroatoms. The van der Waals surface area contributed by atoms with Crippen LogP contribution in [0.15, 0.2) is 23.8 Å². The lowest BCUT2D eigenvalue weighted by Gasteiger charge is -1.92. The molecule has 0 unspecified atom stereocenters. The molecule has 0 radical (unpaired) electrons. The van der Waals surface area contributed by atoms with Crippen LogP contribution in [0.3, 0.4) is 0 Å². The first-order valence-electron chi connectivity index (χ1n) is 4.51. The van der Waals surface area contributed by atoms with Crippen molar-refractivity contribution in [3.8, 4) is 0 Å². The fourth-order valence-corrected chi connectivity index (χ4v) is 0.607. The lowest BCUT2D eigenvalue weighted by Crippen LogP contribution is -2.02. The van der Waals surface area contributed by atoms with Gasteiger partial charge in [0, 0.05) is 23.8 Å². The molecule has 0 amide bonds. The Morgan fingerprint density at radius 1 is 0.833 bits per heavy atom. The second-order valence-electron chi connectivity index (χ2n) is 2.68.